The molecule has 1 fully saturated rings. The molecular formula is C22H58O3Si7. The van der Waals surface area contributed by atoms with Gasteiger partial charge in [0.1, 0.15) is 5.60 Å². The highest BCUT2D eigenvalue weighted by Crippen LogP contribution is 2.55. The van der Waals surface area contributed by atoms with Crippen molar-refractivity contribution < 1.29 is 13.3 Å². The Morgan fingerprint density at radius 3 is 1.34 bits per heavy atom. The van der Waals surface area contributed by atoms with Gasteiger partial charge in [-0.25, -0.2) is 0 Å². The molecule has 0 aromatic heterocycles. The van der Waals surface area contributed by atoms with Crippen molar-refractivity contribution in [3.8, 4) is 0 Å². The van der Waals surface area contributed by atoms with Crippen LogP contribution in [0.2, 0.25) is 67.5 Å². The molecule has 0 bridgehead atoms. The Balaban J connectivity index is 3.75. The predicted molar refractivity (Wildman–Crippen MR) is 164 cm³/mol. The second-order valence-corrected chi connectivity index (χ2v) is 62.3. The van der Waals surface area contributed by atoms with Crippen LogP contribution in [0.25, 0.3) is 0 Å². The van der Waals surface area contributed by atoms with E-state index in [1.54, 1.807) is 0 Å². The average Bonchev–Trinajstić information content (AvgIpc) is 2.54. The van der Waals surface area contributed by atoms with Crippen LogP contribution in [0, 0.1) is 0 Å². The molecule has 2 atom stereocenters. The molecule has 1 rings (SSSR count). The lowest BCUT2D eigenvalue weighted by molar-refractivity contribution is -0.158. The molecule has 0 amide bonds. The van der Waals surface area contributed by atoms with E-state index < -0.39 is 31.1 Å². The minimum atomic E-state index is -1.82. The molecule has 0 spiro atoms. The van der Waals surface area contributed by atoms with Crippen molar-refractivity contribution in [1.29, 1.82) is 0 Å². The van der Waals surface area contributed by atoms with E-state index in [0.29, 0.717) is 0 Å². The van der Waals surface area contributed by atoms with Gasteiger partial charge in [-0.3, -0.25) is 0 Å². The maximum Gasteiger partial charge on any atom is 0.187 e. The smallest absolute Gasteiger partial charge is 0.187 e. The van der Waals surface area contributed by atoms with Crippen LogP contribution in [0.5, 0.6) is 0 Å². The monoisotopic (exact) mass is 566 g/mol. The third-order valence-corrected chi connectivity index (χ3v) is 99.1. The van der Waals surface area contributed by atoms with Gasteiger partial charge in [0, 0.05) is 26.6 Å². The van der Waals surface area contributed by atoms with Crippen LogP contribution < -0.4 is 0 Å². The maximum absolute atomic E-state index is 8.00. The van der Waals surface area contributed by atoms with E-state index in [1.807, 2.05) is 0 Å². The third kappa shape index (κ3) is 6.02. The van der Waals surface area contributed by atoms with Gasteiger partial charge in [-0.1, -0.05) is 73.0 Å². The fraction of sp³-hybridized carbons (Fsp3) is 1.00. The topological polar surface area (TPSA) is 27.7 Å². The van der Waals surface area contributed by atoms with E-state index in [1.165, 1.54) is 0 Å². The minimum Gasteiger partial charge on any atom is -0.413 e. The maximum atomic E-state index is 8.00. The van der Waals surface area contributed by atoms with Crippen LogP contribution in [-0.2, 0) is 13.3 Å². The summed E-state index contributed by atoms with van der Waals surface area (Å²) in [4.78, 5) is 0. The lowest BCUT2D eigenvalue weighted by atomic mass is 9.90. The summed E-state index contributed by atoms with van der Waals surface area (Å²) < 4.78 is 21.9. The summed E-state index contributed by atoms with van der Waals surface area (Å²) in [6, 6.07) is 0. The number of hydrogen-bond acceptors (Lipinski definition) is 3. The third-order valence-electron chi connectivity index (χ3n) is 8.68. The zero-order valence-corrected chi connectivity index (χ0v) is 32.9. The largest absolute Gasteiger partial charge is 0.413 e. The first-order chi connectivity index (χ1) is 14.1. The van der Waals surface area contributed by atoms with Crippen LogP contribution in [0.1, 0.15) is 62.3 Å². The zero-order valence-electron chi connectivity index (χ0n) is 24.7. The van der Waals surface area contributed by atoms with Gasteiger partial charge >= 0.3 is 0 Å². The molecule has 3 nitrogen and oxygen atoms in total. The minimum absolute atomic E-state index is 0.0419. The van der Waals surface area contributed by atoms with Crippen LogP contribution >= 0.6 is 0 Å². The van der Waals surface area contributed by atoms with E-state index in [4.69, 9.17) is 13.3 Å². The van der Waals surface area contributed by atoms with Crippen molar-refractivity contribution in [3.05, 3.63) is 0 Å². The van der Waals surface area contributed by atoms with Crippen molar-refractivity contribution in [2.45, 2.75) is 142 Å². The fourth-order valence-corrected chi connectivity index (χ4v) is 115. The number of rotatable bonds is 12. The van der Waals surface area contributed by atoms with Gasteiger partial charge in [0.25, 0.3) is 0 Å². The Morgan fingerprint density at radius 2 is 1.12 bits per heavy atom. The van der Waals surface area contributed by atoms with E-state index >= 15 is 0 Å². The molecule has 0 radical (unpaired) electrons. The molecule has 0 saturated carbocycles. The fourth-order valence-electron chi connectivity index (χ4n) is 6.10. The molecule has 2 unspecified atom stereocenters. The van der Waals surface area contributed by atoms with Gasteiger partial charge in [0.15, 0.2) is 30.3 Å². The number of hydrogen-bond donors (Lipinski definition) is 0. The molecule has 1 heterocycles. The highest BCUT2D eigenvalue weighted by molar-refractivity contribution is 7.97. The van der Waals surface area contributed by atoms with Crippen molar-refractivity contribution >= 4 is 57.7 Å². The highest BCUT2D eigenvalue weighted by atomic mass is 30.1. The Hall–Kier alpha value is 1.40. The normalized spacial score (nSPS) is 26.2. The van der Waals surface area contributed by atoms with Crippen molar-refractivity contribution in [3.63, 3.8) is 0 Å². The molecule has 32 heavy (non-hydrogen) atoms. The van der Waals surface area contributed by atoms with Gasteiger partial charge in [0.2, 0.25) is 0 Å². The average molecular weight is 567 g/mol. The molecule has 0 aliphatic carbocycles. The Bertz CT molecular complexity index is 604. The summed E-state index contributed by atoms with van der Waals surface area (Å²) >= 11 is 0. The summed E-state index contributed by atoms with van der Waals surface area (Å²) in [6.45, 7) is 39.0. The summed E-state index contributed by atoms with van der Waals surface area (Å²) in [5.74, 6) is 0. The summed E-state index contributed by atoms with van der Waals surface area (Å²) in [5, 5.41) is 0.130. The first-order valence-electron chi connectivity index (χ1n) is 13.2. The molecule has 10 heteroatoms. The summed E-state index contributed by atoms with van der Waals surface area (Å²) in [6.07, 6.45) is -0.228. The second-order valence-electron chi connectivity index (χ2n) is 14.1. The Kier molecular flexibility index (Phi) is 10.2. The quantitative estimate of drug-likeness (QED) is 0.241. The van der Waals surface area contributed by atoms with Crippen molar-refractivity contribution in [1.82, 2.24) is 0 Å². The van der Waals surface area contributed by atoms with Gasteiger partial charge in [-0.15, -0.1) is 0 Å². The Labute approximate surface area is 212 Å². The molecule has 0 aromatic rings. The van der Waals surface area contributed by atoms with Gasteiger partial charge < -0.3 is 13.3 Å². The van der Waals surface area contributed by atoms with Crippen molar-refractivity contribution in [2.75, 3.05) is 0 Å². The molecule has 1 aliphatic rings. The first-order valence-corrected chi connectivity index (χ1v) is 35.9. The Morgan fingerprint density at radius 1 is 0.719 bits per heavy atom. The van der Waals surface area contributed by atoms with Gasteiger partial charge in [-0.05, 0) is 56.8 Å². The summed E-state index contributed by atoms with van der Waals surface area (Å²) in [7, 11) is -7.04. The van der Waals surface area contributed by atoms with Crippen LogP contribution in [-0.4, -0.2) is 69.6 Å². The SMILES string of the molecule is C[SiH2]C(C)(C)C(C)(O[Si]1(C(C)C)[SiH2][SiH2][Si]1(C(C)C)C(C)C)C(O[Si](C)(C)C)O[Si](C)(C)C. The standard InChI is InChI=1S/C22H58O3Si7/c1-17(2)31(18(3)4)27-28-32(31,19(5)6)25-22(9,21(7,8)26-10)20(23-29(11,12)13)24-30(14,15)16/h17-20H,26-28H2,1-16H3. The molecule has 1 saturated heterocycles. The highest BCUT2D eigenvalue weighted by Gasteiger charge is 2.71. The van der Waals surface area contributed by atoms with Crippen LogP contribution in [0.4, 0.5) is 0 Å². The zero-order chi connectivity index (χ0) is 25.6. The van der Waals surface area contributed by atoms with Crippen LogP contribution in [0.15, 0.2) is 0 Å². The predicted octanol–water partition coefficient (Wildman–Crippen LogP) is 5.17. The molecular weight excluding hydrogens is 509 g/mol. The van der Waals surface area contributed by atoms with E-state index in [-0.39, 0.29) is 43.6 Å². The lowest BCUT2D eigenvalue weighted by Crippen LogP contribution is -2.89. The summed E-state index contributed by atoms with van der Waals surface area (Å²) in [5.41, 5.74) is 2.13. The molecule has 192 valence electrons. The first kappa shape index (κ1) is 31.4. The second kappa shape index (κ2) is 10.4. The molecule has 1 aliphatic heterocycles. The van der Waals surface area contributed by atoms with E-state index in [0.717, 1.165) is 16.6 Å². The van der Waals surface area contributed by atoms with E-state index in [2.05, 4.69) is 108 Å². The van der Waals surface area contributed by atoms with Crippen LogP contribution in [0.3, 0.4) is 0 Å². The van der Waals surface area contributed by atoms with E-state index in [9.17, 15) is 0 Å². The molecule has 0 N–H and O–H groups in total. The lowest BCUT2D eigenvalue weighted by Gasteiger charge is -2.66. The van der Waals surface area contributed by atoms with Gasteiger partial charge in [-0.2, -0.15) is 0 Å². The molecule has 0 aromatic carbocycles. The van der Waals surface area contributed by atoms with Crippen molar-refractivity contribution in [2.24, 2.45) is 0 Å². The van der Waals surface area contributed by atoms with Gasteiger partial charge in [0.05, 0.1) is 7.11 Å².